The van der Waals surface area contributed by atoms with Gasteiger partial charge in [0, 0.05) is 13.2 Å². The van der Waals surface area contributed by atoms with Gasteiger partial charge in [0.1, 0.15) is 5.82 Å². The minimum Gasteiger partial charge on any atom is -0.377 e. The zero-order chi connectivity index (χ0) is 14.6. The van der Waals surface area contributed by atoms with E-state index in [4.69, 9.17) is 4.74 Å². The third-order valence-corrected chi connectivity index (χ3v) is 4.86. The molecular weight excluding hydrogens is 253 g/mol. The largest absolute Gasteiger partial charge is 0.377 e. The van der Waals surface area contributed by atoms with E-state index in [1.807, 2.05) is 26.3 Å². The second-order valence-electron chi connectivity index (χ2n) is 6.12. The smallest absolute Gasteiger partial charge is 0.123 e. The van der Waals surface area contributed by atoms with Crippen molar-refractivity contribution in [2.24, 2.45) is 5.92 Å². The van der Waals surface area contributed by atoms with E-state index >= 15 is 0 Å². The Bertz CT molecular complexity index is 410. The fraction of sp³-hybridized carbons (Fsp3) is 0.647. The number of halogens is 1. The van der Waals surface area contributed by atoms with E-state index in [0.29, 0.717) is 0 Å². The molecule has 1 fully saturated rings. The average Bonchev–Trinajstić information content (AvgIpc) is 2.48. The predicted molar refractivity (Wildman–Crippen MR) is 80.3 cm³/mol. The Morgan fingerprint density at radius 3 is 2.40 bits per heavy atom. The Morgan fingerprint density at radius 2 is 1.90 bits per heavy atom. The van der Waals surface area contributed by atoms with Crippen LogP contribution in [0.5, 0.6) is 0 Å². The molecule has 1 N–H and O–H groups in total. The topological polar surface area (TPSA) is 21.3 Å². The molecule has 2 rings (SSSR count). The number of benzene rings is 1. The van der Waals surface area contributed by atoms with Gasteiger partial charge < -0.3 is 10.1 Å². The maximum atomic E-state index is 13.0. The summed E-state index contributed by atoms with van der Waals surface area (Å²) in [5.74, 6) is 0.615. The van der Waals surface area contributed by atoms with Crippen molar-refractivity contribution >= 4 is 0 Å². The average molecular weight is 279 g/mol. The summed E-state index contributed by atoms with van der Waals surface area (Å²) in [6.07, 6.45) is 5.50. The maximum Gasteiger partial charge on any atom is 0.123 e. The fourth-order valence-corrected chi connectivity index (χ4v) is 3.35. The summed E-state index contributed by atoms with van der Waals surface area (Å²) in [7, 11) is 3.82. The summed E-state index contributed by atoms with van der Waals surface area (Å²) in [4.78, 5) is 0. The number of hydrogen-bond donors (Lipinski definition) is 1. The highest BCUT2D eigenvalue weighted by atomic mass is 19.1. The minimum absolute atomic E-state index is 0.0877. The molecular formula is C17H26FNO. The molecule has 1 aromatic carbocycles. The van der Waals surface area contributed by atoms with E-state index in [2.05, 4.69) is 12.2 Å². The highest BCUT2D eigenvalue weighted by Crippen LogP contribution is 2.37. The van der Waals surface area contributed by atoms with Gasteiger partial charge in [-0.1, -0.05) is 19.1 Å². The molecule has 1 aliphatic rings. The zero-order valence-electron chi connectivity index (χ0n) is 12.8. The van der Waals surface area contributed by atoms with Gasteiger partial charge in [0.25, 0.3) is 0 Å². The highest BCUT2D eigenvalue weighted by Gasteiger charge is 2.40. The van der Waals surface area contributed by atoms with E-state index in [1.165, 1.54) is 25.0 Å². The first-order valence-corrected chi connectivity index (χ1v) is 7.56. The molecule has 2 nitrogen and oxygen atoms in total. The molecule has 0 radical (unpaired) electrons. The van der Waals surface area contributed by atoms with Gasteiger partial charge in [-0.25, -0.2) is 4.39 Å². The normalized spacial score (nSPS) is 28.3. The lowest BCUT2D eigenvalue weighted by atomic mass is 9.74. The molecule has 20 heavy (non-hydrogen) atoms. The van der Waals surface area contributed by atoms with E-state index in [1.54, 1.807) is 0 Å². The molecule has 0 spiro atoms. The van der Waals surface area contributed by atoms with Crippen molar-refractivity contribution in [1.82, 2.24) is 5.32 Å². The van der Waals surface area contributed by atoms with Crippen LogP contribution in [0.1, 0.15) is 38.2 Å². The monoisotopic (exact) mass is 279 g/mol. The van der Waals surface area contributed by atoms with Gasteiger partial charge >= 0.3 is 0 Å². The van der Waals surface area contributed by atoms with Gasteiger partial charge in [-0.3, -0.25) is 0 Å². The van der Waals surface area contributed by atoms with Crippen molar-refractivity contribution in [2.75, 3.05) is 14.2 Å². The Labute approximate surface area is 121 Å². The lowest BCUT2D eigenvalue weighted by Gasteiger charge is -2.44. The van der Waals surface area contributed by atoms with Crippen molar-refractivity contribution in [3.05, 3.63) is 35.6 Å². The molecule has 1 atom stereocenters. The second-order valence-corrected chi connectivity index (χ2v) is 6.12. The Morgan fingerprint density at radius 1 is 1.30 bits per heavy atom. The Kier molecular flexibility index (Phi) is 5.17. The molecule has 0 heterocycles. The number of methoxy groups -OCH3 is 1. The van der Waals surface area contributed by atoms with Crippen LogP contribution in [-0.4, -0.2) is 25.8 Å². The van der Waals surface area contributed by atoms with Crippen LogP contribution in [0.15, 0.2) is 24.3 Å². The summed E-state index contributed by atoms with van der Waals surface area (Å²) in [5, 5.41) is 3.42. The van der Waals surface area contributed by atoms with Crippen LogP contribution in [0.4, 0.5) is 4.39 Å². The number of nitrogens with one attached hydrogen (secondary N) is 1. The molecule has 1 aliphatic carbocycles. The first kappa shape index (κ1) is 15.5. The first-order chi connectivity index (χ1) is 9.59. The SMILES string of the molecule is CNC(Cc1ccc(F)cc1)C1(OC)CCC(C)CC1. The number of rotatable bonds is 5. The second kappa shape index (κ2) is 6.68. The van der Waals surface area contributed by atoms with Crippen LogP contribution >= 0.6 is 0 Å². The first-order valence-electron chi connectivity index (χ1n) is 7.56. The molecule has 0 aromatic heterocycles. The molecule has 0 bridgehead atoms. The predicted octanol–water partition coefficient (Wildman–Crippen LogP) is 3.55. The number of hydrogen-bond acceptors (Lipinski definition) is 2. The van der Waals surface area contributed by atoms with Gasteiger partial charge in [-0.15, -0.1) is 0 Å². The van der Waals surface area contributed by atoms with Crippen molar-refractivity contribution in [3.8, 4) is 0 Å². The van der Waals surface area contributed by atoms with Gasteiger partial charge in [0.05, 0.1) is 5.60 Å². The molecule has 0 saturated heterocycles. The van der Waals surface area contributed by atoms with Crippen molar-refractivity contribution in [1.29, 1.82) is 0 Å². The summed E-state index contributed by atoms with van der Waals surface area (Å²) in [6, 6.07) is 7.07. The Hall–Kier alpha value is -0.930. The van der Waals surface area contributed by atoms with E-state index < -0.39 is 0 Å². The summed E-state index contributed by atoms with van der Waals surface area (Å²) >= 11 is 0. The van der Waals surface area contributed by atoms with Gasteiger partial charge in [0.15, 0.2) is 0 Å². The quantitative estimate of drug-likeness (QED) is 0.890. The number of ether oxygens (including phenoxy) is 1. The lowest BCUT2D eigenvalue weighted by Crippen LogP contribution is -2.54. The van der Waals surface area contributed by atoms with Gasteiger partial charge in [-0.2, -0.15) is 0 Å². The molecule has 112 valence electrons. The van der Waals surface area contributed by atoms with Crippen LogP contribution in [0, 0.1) is 11.7 Å². The molecule has 1 unspecified atom stereocenters. The van der Waals surface area contributed by atoms with Crippen LogP contribution < -0.4 is 5.32 Å². The molecule has 1 saturated carbocycles. The highest BCUT2D eigenvalue weighted by molar-refractivity contribution is 5.18. The zero-order valence-corrected chi connectivity index (χ0v) is 12.8. The van der Waals surface area contributed by atoms with Crippen molar-refractivity contribution in [2.45, 2.75) is 50.7 Å². The summed E-state index contributed by atoms with van der Waals surface area (Å²) in [5.41, 5.74) is 1.07. The van der Waals surface area contributed by atoms with E-state index in [0.717, 1.165) is 30.7 Å². The van der Waals surface area contributed by atoms with E-state index in [-0.39, 0.29) is 17.5 Å². The van der Waals surface area contributed by atoms with E-state index in [9.17, 15) is 4.39 Å². The van der Waals surface area contributed by atoms with Crippen LogP contribution in [0.25, 0.3) is 0 Å². The third-order valence-electron chi connectivity index (χ3n) is 4.86. The van der Waals surface area contributed by atoms with Gasteiger partial charge in [-0.05, 0) is 62.8 Å². The summed E-state index contributed by atoms with van der Waals surface area (Å²) < 4.78 is 18.9. The fourth-order valence-electron chi connectivity index (χ4n) is 3.35. The molecule has 0 amide bonds. The van der Waals surface area contributed by atoms with Crippen LogP contribution in [0.2, 0.25) is 0 Å². The number of likely N-dealkylation sites (N-methyl/N-ethyl adjacent to an activating group) is 1. The molecule has 0 aliphatic heterocycles. The van der Waals surface area contributed by atoms with Gasteiger partial charge in [0.2, 0.25) is 0 Å². The van der Waals surface area contributed by atoms with Crippen molar-refractivity contribution < 1.29 is 9.13 Å². The third kappa shape index (κ3) is 3.39. The maximum absolute atomic E-state index is 13.0. The lowest BCUT2D eigenvalue weighted by molar-refractivity contribution is -0.0730. The molecule has 1 aromatic rings. The van der Waals surface area contributed by atoms with Crippen LogP contribution in [-0.2, 0) is 11.2 Å². The Balaban J connectivity index is 2.11. The summed E-state index contributed by atoms with van der Waals surface area (Å²) in [6.45, 7) is 2.31. The minimum atomic E-state index is -0.178. The van der Waals surface area contributed by atoms with Crippen molar-refractivity contribution in [3.63, 3.8) is 0 Å². The standard InChI is InChI=1S/C17H26FNO/c1-13-8-10-17(20-3,11-9-13)16(19-2)12-14-4-6-15(18)7-5-14/h4-7,13,16,19H,8-12H2,1-3H3. The van der Waals surface area contributed by atoms with Crippen LogP contribution in [0.3, 0.4) is 0 Å². The molecule has 3 heteroatoms.